The van der Waals surface area contributed by atoms with Crippen molar-refractivity contribution in [2.45, 2.75) is 13.1 Å². The van der Waals surface area contributed by atoms with E-state index < -0.39 is 0 Å². The van der Waals surface area contributed by atoms with Gasteiger partial charge in [0.25, 0.3) is 0 Å². The third-order valence-corrected chi connectivity index (χ3v) is 1.88. The molecule has 0 amide bonds. The number of rotatable bonds is 2. The van der Waals surface area contributed by atoms with E-state index >= 15 is 0 Å². The van der Waals surface area contributed by atoms with Crippen LogP contribution in [0.3, 0.4) is 0 Å². The van der Waals surface area contributed by atoms with Gasteiger partial charge in [-0.1, -0.05) is 6.30 Å². The number of hydrogen-bond acceptors (Lipinski definition) is 3. The summed E-state index contributed by atoms with van der Waals surface area (Å²) in [7, 11) is 1.08. The summed E-state index contributed by atoms with van der Waals surface area (Å²) in [5.74, 6) is 0.700. The normalized spacial score (nSPS) is 23.9. The standard InChI is InChI=1S/C7H12N3P/c1-5-9-6(4-11-2)3-7(8)10-5/h3,5,10H,2,4,8H2,1H3. The Morgan fingerprint density at radius 1 is 1.91 bits per heavy atom. The van der Waals surface area contributed by atoms with Crippen molar-refractivity contribution >= 4 is 20.2 Å². The molecule has 0 radical (unpaired) electrons. The van der Waals surface area contributed by atoms with Crippen LogP contribution in [0.15, 0.2) is 16.9 Å². The molecule has 1 aliphatic rings. The van der Waals surface area contributed by atoms with Crippen LogP contribution in [0.25, 0.3) is 0 Å². The molecule has 0 fully saturated rings. The average Bonchev–Trinajstić information content (AvgIpc) is 1.85. The van der Waals surface area contributed by atoms with Crippen LogP contribution in [-0.2, 0) is 0 Å². The molecule has 0 bridgehead atoms. The van der Waals surface area contributed by atoms with E-state index in [1.807, 2.05) is 13.0 Å². The molecule has 0 saturated heterocycles. The highest BCUT2D eigenvalue weighted by Gasteiger charge is 2.06. The van der Waals surface area contributed by atoms with E-state index in [9.17, 15) is 0 Å². The first kappa shape index (κ1) is 8.28. The van der Waals surface area contributed by atoms with Crippen molar-refractivity contribution in [2.24, 2.45) is 10.7 Å². The Balaban J connectivity index is 2.69. The Labute approximate surface area is 68.2 Å². The summed E-state index contributed by atoms with van der Waals surface area (Å²) in [6.45, 7) is 1.97. The van der Waals surface area contributed by atoms with E-state index in [0.29, 0.717) is 5.82 Å². The molecular weight excluding hydrogens is 157 g/mol. The Hall–Kier alpha value is -0.820. The first-order valence-electron chi connectivity index (χ1n) is 3.45. The summed E-state index contributed by atoms with van der Waals surface area (Å²) < 4.78 is 0. The SMILES string of the molecule is C=PCC1=NC(C)NC(N)=C1. The molecule has 0 aromatic rings. The van der Waals surface area contributed by atoms with E-state index in [1.54, 1.807) is 0 Å². The predicted octanol–water partition coefficient (Wildman–Crippen LogP) is 0.555. The maximum atomic E-state index is 5.59. The van der Waals surface area contributed by atoms with Gasteiger partial charge in [-0.25, -0.2) is 0 Å². The number of nitrogens with two attached hydrogens (primary N) is 1. The molecular formula is C7H12N3P. The maximum absolute atomic E-state index is 5.59. The van der Waals surface area contributed by atoms with Gasteiger partial charge in [0.2, 0.25) is 0 Å². The quantitative estimate of drug-likeness (QED) is 0.593. The van der Waals surface area contributed by atoms with Crippen LogP contribution in [-0.4, -0.2) is 24.3 Å². The van der Waals surface area contributed by atoms with Crippen LogP contribution >= 0.6 is 8.20 Å². The third-order valence-electron chi connectivity index (χ3n) is 1.33. The van der Waals surface area contributed by atoms with E-state index in [-0.39, 0.29) is 6.17 Å². The zero-order valence-electron chi connectivity index (χ0n) is 6.54. The molecule has 0 aromatic heterocycles. The number of allylic oxidation sites excluding steroid dienone is 1. The van der Waals surface area contributed by atoms with Crippen molar-refractivity contribution in [2.75, 3.05) is 6.16 Å². The molecule has 11 heavy (non-hydrogen) atoms. The van der Waals surface area contributed by atoms with Gasteiger partial charge in [-0.2, -0.15) is 0 Å². The lowest BCUT2D eigenvalue weighted by Crippen LogP contribution is -2.33. The van der Waals surface area contributed by atoms with Crippen LogP contribution in [0.4, 0.5) is 0 Å². The summed E-state index contributed by atoms with van der Waals surface area (Å²) in [6, 6.07) is 0. The first-order valence-corrected chi connectivity index (χ1v) is 4.71. The lowest BCUT2D eigenvalue weighted by Gasteiger charge is -2.17. The summed E-state index contributed by atoms with van der Waals surface area (Å²) in [4.78, 5) is 4.32. The summed E-state index contributed by atoms with van der Waals surface area (Å²) in [6.07, 6.45) is 6.58. The van der Waals surface area contributed by atoms with Crippen LogP contribution < -0.4 is 11.1 Å². The predicted molar refractivity (Wildman–Crippen MR) is 51.2 cm³/mol. The van der Waals surface area contributed by atoms with E-state index in [1.165, 1.54) is 0 Å². The van der Waals surface area contributed by atoms with E-state index in [4.69, 9.17) is 5.73 Å². The highest BCUT2D eigenvalue weighted by molar-refractivity contribution is 7.37. The minimum Gasteiger partial charge on any atom is -0.385 e. The first-order chi connectivity index (χ1) is 5.22. The Morgan fingerprint density at radius 3 is 3.18 bits per heavy atom. The van der Waals surface area contributed by atoms with Crippen molar-refractivity contribution in [3.05, 3.63) is 11.9 Å². The van der Waals surface area contributed by atoms with Crippen molar-refractivity contribution in [1.29, 1.82) is 0 Å². The molecule has 1 atom stereocenters. The zero-order valence-corrected chi connectivity index (χ0v) is 7.44. The fraction of sp³-hybridized carbons (Fsp3) is 0.429. The van der Waals surface area contributed by atoms with Crippen molar-refractivity contribution in [3.8, 4) is 0 Å². The lowest BCUT2D eigenvalue weighted by molar-refractivity contribution is 0.629. The van der Waals surface area contributed by atoms with Gasteiger partial charge in [-0.15, -0.1) is 8.20 Å². The van der Waals surface area contributed by atoms with Crippen molar-refractivity contribution in [1.82, 2.24) is 5.32 Å². The number of nitrogens with one attached hydrogen (secondary N) is 1. The van der Waals surface area contributed by atoms with Gasteiger partial charge in [0.1, 0.15) is 6.17 Å². The fourth-order valence-corrected chi connectivity index (χ4v) is 1.38. The van der Waals surface area contributed by atoms with E-state index in [0.717, 1.165) is 20.1 Å². The topological polar surface area (TPSA) is 50.4 Å². The third kappa shape index (κ3) is 2.35. The lowest BCUT2D eigenvalue weighted by atomic mass is 10.3. The second-order valence-corrected chi connectivity index (χ2v) is 3.19. The molecule has 0 aromatic carbocycles. The van der Waals surface area contributed by atoms with Crippen molar-refractivity contribution < 1.29 is 0 Å². The second-order valence-electron chi connectivity index (χ2n) is 2.42. The molecule has 1 aliphatic heterocycles. The minimum absolute atomic E-state index is 0.108. The number of aliphatic imine (C=N–C) groups is 1. The summed E-state index contributed by atoms with van der Waals surface area (Å²) in [5.41, 5.74) is 6.62. The van der Waals surface area contributed by atoms with E-state index in [2.05, 4.69) is 16.6 Å². The molecule has 3 N–H and O–H groups in total. The van der Waals surface area contributed by atoms with Gasteiger partial charge in [-0.3, -0.25) is 4.99 Å². The van der Waals surface area contributed by atoms with Crippen LogP contribution in [0, 0.1) is 0 Å². The van der Waals surface area contributed by atoms with Gasteiger partial charge >= 0.3 is 0 Å². The largest absolute Gasteiger partial charge is 0.385 e. The smallest absolute Gasteiger partial charge is 0.117 e. The van der Waals surface area contributed by atoms with Gasteiger partial charge in [0.05, 0.1) is 5.82 Å². The Morgan fingerprint density at radius 2 is 2.64 bits per heavy atom. The second kappa shape index (κ2) is 3.54. The molecule has 1 heterocycles. The molecule has 0 spiro atoms. The highest BCUT2D eigenvalue weighted by atomic mass is 31.1. The molecule has 1 rings (SSSR count). The summed E-state index contributed by atoms with van der Waals surface area (Å²) >= 11 is 0. The number of hydrogen-bond donors (Lipinski definition) is 2. The van der Waals surface area contributed by atoms with Crippen LogP contribution in [0.2, 0.25) is 0 Å². The molecule has 60 valence electrons. The minimum atomic E-state index is 0.108. The van der Waals surface area contributed by atoms with Gasteiger partial charge < -0.3 is 11.1 Å². The zero-order chi connectivity index (χ0) is 8.27. The maximum Gasteiger partial charge on any atom is 0.117 e. The Bertz CT molecular complexity index is 220. The van der Waals surface area contributed by atoms with Crippen LogP contribution in [0.1, 0.15) is 6.92 Å². The van der Waals surface area contributed by atoms with Gasteiger partial charge in [-0.05, 0) is 13.0 Å². The molecule has 0 aliphatic carbocycles. The Kier molecular flexibility index (Phi) is 2.66. The molecule has 0 saturated carbocycles. The van der Waals surface area contributed by atoms with Crippen molar-refractivity contribution in [3.63, 3.8) is 0 Å². The number of nitrogens with zero attached hydrogens (tertiary/aromatic N) is 1. The van der Waals surface area contributed by atoms with Gasteiger partial charge in [0.15, 0.2) is 0 Å². The molecule has 3 nitrogen and oxygen atoms in total. The van der Waals surface area contributed by atoms with Crippen LogP contribution in [0.5, 0.6) is 0 Å². The fourth-order valence-electron chi connectivity index (χ4n) is 0.982. The molecule has 1 unspecified atom stereocenters. The average molecular weight is 169 g/mol. The highest BCUT2D eigenvalue weighted by Crippen LogP contribution is 2.03. The molecule has 4 heteroatoms. The monoisotopic (exact) mass is 169 g/mol. The van der Waals surface area contributed by atoms with Gasteiger partial charge in [0, 0.05) is 11.9 Å². The summed E-state index contributed by atoms with van der Waals surface area (Å²) in [5, 5.41) is 3.00.